The van der Waals surface area contributed by atoms with Crippen LogP contribution in [0.5, 0.6) is 0 Å². The maximum absolute atomic E-state index is 12.3. The first-order chi connectivity index (χ1) is 10.1. The summed E-state index contributed by atoms with van der Waals surface area (Å²) in [5.41, 5.74) is 1.55. The van der Waals surface area contributed by atoms with E-state index in [1.165, 1.54) is 0 Å². The molecule has 5 nitrogen and oxygen atoms in total. The van der Waals surface area contributed by atoms with E-state index in [-0.39, 0.29) is 18.0 Å². The Morgan fingerprint density at radius 1 is 1.24 bits per heavy atom. The van der Waals surface area contributed by atoms with E-state index in [1.54, 1.807) is 11.8 Å². The van der Waals surface area contributed by atoms with Crippen LogP contribution in [0.25, 0.3) is 0 Å². The molecule has 2 saturated heterocycles. The SMILES string of the molecule is C/C(=N\N1C(=O)[C@@H]2CCCCN2C1=O)c1ccc(Br)cc1. The zero-order valence-corrected chi connectivity index (χ0v) is 13.3. The highest BCUT2D eigenvalue weighted by Crippen LogP contribution is 2.27. The van der Waals surface area contributed by atoms with E-state index in [0.717, 1.165) is 34.3 Å². The normalized spacial score (nSPS) is 22.8. The van der Waals surface area contributed by atoms with Gasteiger partial charge in [0.2, 0.25) is 0 Å². The molecule has 2 aliphatic heterocycles. The van der Waals surface area contributed by atoms with E-state index in [1.807, 2.05) is 24.3 Å². The predicted octanol–water partition coefficient (Wildman–Crippen LogP) is 2.99. The Bertz CT molecular complexity index is 588. The van der Waals surface area contributed by atoms with E-state index >= 15 is 0 Å². The standard InChI is InChI=1S/C15H16BrN3O2/c1-10(11-5-7-12(16)8-6-11)17-19-14(20)13-4-2-3-9-18(13)15(19)21/h5-8,13H,2-4,9H2,1H3/b17-10+/t13-/m0/s1. The van der Waals surface area contributed by atoms with Crippen molar-refractivity contribution in [3.8, 4) is 0 Å². The largest absolute Gasteiger partial charge is 0.348 e. The zero-order valence-electron chi connectivity index (χ0n) is 11.8. The van der Waals surface area contributed by atoms with Crippen LogP contribution in [0.15, 0.2) is 33.8 Å². The highest BCUT2D eigenvalue weighted by atomic mass is 79.9. The van der Waals surface area contributed by atoms with Gasteiger partial charge in [0.1, 0.15) is 6.04 Å². The van der Waals surface area contributed by atoms with Crippen molar-refractivity contribution in [1.29, 1.82) is 0 Å². The Labute approximate surface area is 131 Å². The summed E-state index contributed by atoms with van der Waals surface area (Å²) < 4.78 is 0.976. The average Bonchev–Trinajstić information content (AvgIpc) is 2.73. The summed E-state index contributed by atoms with van der Waals surface area (Å²) in [4.78, 5) is 26.3. The van der Waals surface area contributed by atoms with E-state index < -0.39 is 0 Å². The maximum atomic E-state index is 12.3. The van der Waals surface area contributed by atoms with Gasteiger partial charge in [-0.25, -0.2) is 4.79 Å². The van der Waals surface area contributed by atoms with Gasteiger partial charge in [-0.3, -0.25) is 4.79 Å². The van der Waals surface area contributed by atoms with Crippen LogP contribution in [0.4, 0.5) is 4.79 Å². The van der Waals surface area contributed by atoms with E-state index in [4.69, 9.17) is 0 Å². The fourth-order valence-corrected chi connectivity index (χ4v) is 3.03. The molecule has 2 fully saturated rings. The molecule has 0 radical (unpaired) electrons. The summed E-state index contributed by atoms with van der Waals surface area (Å²) in [6.07, 6.45) is 2.69. The minimum Gasteiger partial charge on any atom is -0.311 e. The number of hydrogen-bond donors (Lipinski definition) is 0. The number of fused-ring (bicyclic) bond motifs is 1. The molecular formula is C15H16BrN3O2. The molecule has 110 valence electrons. The molecule has 0 N–H and O–H groups in total. The smallest absolute Gasteiger partial charge is 0.311 e. The number of nitrogens with zero attached hydrogens (tertiary/aromatic N) is 3. The van der Waals surface area contributed by atoms with Crippen LogP contribution in [0.1, 0.15) is 31.7 Å². The number of halogens is 1. The van der Waals surface area contributed by atoms with Crippen molar-refractivity contribution in [2.24, 2.45) is 5.10 Å². The number of piperidine rings is 1. The van der Waals surface area contributed by atoms with Gasteiger partial charge in [0.25, 0.3) is 5.91 Å². The lowest BCUT2D eigenvalue weighted by molar-refractivity contribution is -0.128. The van der Waals surface area contributed by atoms with Crippen LogP contribution in [0, 0.1) is 0 Å². The van der Waals surface area contributed by atoms with Crippen LogP contribution in [0.3, 0.4) is 0 Å². The molecule has 0 saturated carbocycles. The fourth-order valence-electron chi connectivity index (χ4n) is 2.77. The molecule has 1 aromatic rings. The van der Waals surface area contributed by atoms with Gasteiger partial charge in [0.15, 0.2) is 0 Å². The van der Waals surface area contributed by atoms with Crippen LogP contribution in [0.2, 0.25) is 0 Å². The predicted molar refractivity (Wildman–Crippen MR) is 82.9 cm³/mol. The average molecular weight is 350 g/mol. The third-order valence-corrected chi connectivity index (χ3v) is 4.46. The number of urea groups is 1. The first-order valence-corrected chi connectivity index (χ1v) is 7.83. The van der Waals surface area contributed by atoms with Gasteiger partial charge in [-0.2, -0.15) is 5.10 Å². The second-order valence-electron chi connectivity index (χ2n) is 5.33. The quantitative estimate of drug-likeness (QED) is 0.608. The lowest BCUT2D eigenvalue weighted by Gasteiger charge is -2.25. The van der Waals surface area contributed by atoms with Gasteiger partial charge >= 0.3 is 6.03 Å². The van der Waals surface area contributed by atoms with Crippen LogP contribution in [-0.4, -0.2) is 40.1 Å². The molecule has 0 unspecified atom stereocenters. The number of hydrogen-bond acceptors (Lipinski definition) is 3. The van der Waals surface area contributed by atoms with Gasteiger partial charge in [-0.05, 0) is 43.9 Å². The molecule has 0 aliphatic carbocycles. The molecule has 3 rings (SSSR count). The molecule has 2 heterocycles. The summed E-state index contributed by atoms with van der Waals surface area (Å²) in [5, 5.41) is 5.29. The Balaban J connectivity index is 1.86. The van der Waals surface area contributed by atoms with Crippen molar-refractivity contribution in [1.82, 2.24) is 9.91 Å². The lowest BCUT2D eigenvalue weighted by atomic mass is 10.0. The molecule has 6 heteroatoms. The van der Waals surface area contributed by atoms with Gasteiger partial charge in [0, 0.05) is 11.0 Å². The first-order valence-electron chi connectivity index (χ1n) is 7.03. The van der Waals surface area contributed by atoms with Crippen molar-refractivity contribution >= 4 is 33.6 Å². The number of hydrazone groups is 1. The summed E-state index contributed by atoms with van der Waals surface area (Å²) in [7, 11) is 0. The summed E-state index contributed by atoms with van der Waals surface area (Å²) in [6.45, 7) is 2.46. The first kappa shape index (κ1) is 14.3. The molecular weight excluding hydrogens is 334 g/mol. The molecule has 1 aromatic carbocycles. The van der Waals surface area contributed by atoms with Crippen LogP contribution < -0.4 is 0 Å². The molecule has 21 heavy (non-hydrogen) atoms. The monoisotopic (exact) mass is 349 g/mol. The minimum absolute atomic E-state index is 0.198. The van der Waals surface area contributed by atoms with E-state index in [0.29, 0.717) is 12.3 Å². The Kier molecular flexibility index (Phi) is 3.80. The highest BCUT2D eigenvalue weighted by Gasteiger charge is 2.46. The van der Waals surface area contributed by atoms with Crippen molar-refractivity contribution in [2.45, 2.75) is 32.2 Å². The molecule has 0 bridgehead atoms. The number of carbonyl (C=O) groups excluding carboxylic acids is 2. The minimum atomic E-state index is -0.312. The number of imide groups is 1. The molecule has 1 atom stereocenters. The zero-order chi connectivity index (χ0) is 15.0. The topological polar surface area (TPSA) is 53.0 Å². The Morgan fingerprint density at radius 2 is 1.95 bits per heavy atom. The van der Waals surface area contributed by atoms with Crippen molar-refractivity contribution in [3.05, 3.63) is 34.3 Å². The third-order valence-electron chi connectivity index (χ3n) is 3.94. The molecule has 3 amide bonds. The van der Waals surface area contributed by atoms with Crippen molar-refractivity contribution in [2.75, 3.05) is 6.54 Å². The molecule has 0 aromatic heterocycles. The van der Waals surface area contributed by atoms with Crippen LogP contribution >= 0.6 is 15.9 Å². The summed E-state index contributed by atoms with van der Waals surface area (Å²) >= 11 is 3.38. The summed E-state index contributed by atoms with van der Waals surface area (Å²) in [6, 6.07) is 7.02. The van der Waals surface area contributed by atoms with Crippen molar-refractivity contribution in [3.63, 3.8) is 0 Å². The van der Waals surface area contributed by atoms with Crippen molar-refractivity contribution < 1.29 is 9.59 Å². The fraction of sp³-hybridized carbons (Fsp3) is 0.400. The van der Waals surface area contributed by atoms with Crippen LogP contribution in [-0.2, 0) is 4.79 Å². The number of amides is 3. The Morgan fingerprint density at radius 3 is 2.62 bits per heavy atom. The van der Waals surface area contributed by atoms with E-state index in [2.05, 4.69) is 21.0 Å². The molecule has 0 spiro atoms. The Hall–Kier alpha value is -1.69. The second-order valence-corrected chi connectivity index (χ2v) is 6.25. The number of benzene rings is 1. The highest BCUT2D eigenvalue weighted by molar-refractivity contribution is 9.10. The van der Waals surface area contributed by atoms with Gasteiger partial charge < -0.3 is 4.90 Å². The number of rotatable bonds is 2. The van der Waals surface area contributed by atoms with Gasteiger partial charge in [-0.1, -0.05) is 28.1 Å². The summed E-state index contributed by atoms with van der Waals surface area (Å²) in [5.74, 6) is -0.198. The molecule has 2 aliphatic rings. The lowest BCUT2D eigenvalue weighted by Crippen LogP contribution is -2.38. The number of carbonyl (C=O) groups is 2. The van der Waals surface area contributed by atoms with Gasteiger partial charge in [-0.15, -0.1) is 5.01 Å². The van der Waals surface area contributed by atoms with E-state index in [9.17, 15) is 9.59 Å². The third kappa shape index (κ3) is 2.60. The van der Waals surface area contributed by atoms with Gasteiger partial charge in [0.05, 0.1) is 5.71 Å². The maximum Gasteiger partial charge on any atom is 0.348 e. The second kappa shape index (κ2) is 5.60.